The SMILES string of the molecule is OC(Cc1cc(F)ccc1F)CC1CCCCC1. The van der Waals surface area contributed by atoms with Gasteiger partial charge in [0, 0.05) is 6.42 Å². The molecule has 0 aromatic heterocycles. The summed E-state index contributed by atoms with van der Waals surface area (Å²) in [7, 11) is 0. The maximum absolute atomic E-state index is 13.4. The predicted molar refractivity (Wildman–Crippen MR) is 67.3 cm³/mol. The average molecular weight is 254 g/mol. The molecular weight excluding hydrogens is 234 g/mol. The molecular formula is C15H20F2O. The van der Waals surface area contributed by atoms with Gasteiger partial charge in [0.1, 0.15) is 11.6 Å². The van der Waals surface area contributed by atoms with E-state index in [1.54, 1.807) is 0 Å². The van der Waals surface area contributed by atoms with Crippen molar-refractivity contribution in [2.24, 2.45) is 5.92 Å². The molecule has 1 aliphatic carbocycles. The highest BCUT2D eigenvalue weighted by atomic mass is 19.1. The molecule has 2 rings (SSSR count). The van der Waals surface area contributed by atoms with Crippen LogP contribution >= 0.6 is 0 Å². The summed E-state index contributed by atoms with van der Waals surface area (Å²) in [5, 5.41) is 9.98. The molecule has 0 saturated heterocycles. The molecule has 1 unspecified atom stereocenters. The highest BCUT2D eigenvalue weighted by molar-refractivity contribution is 5.19. The molecule has 1 aliphatic rings. The van der Waals surface area contributed by atoms with Gasteiger partial charge in [-0.3, -0.25) is 0 Å². The summed E-state index contributed by atoms with van der Waals surface area (Å²) >= 11 is 0. The van der Waals surface area contributed by atoms with Gasteiger partial charge in [0.25, 0.3) is 0 Å². The van der Waals surface area contributed by atoms with Gasteiger partial charge in [0.2, 0.25) is 0 Å². The lowest BCUT2D eigenvalue weighted by atomic mass is 9.84. The van der Waals surface area contributed by atoms with Crippen LogP contribution in [0.3, 0.4) is 0 Å². The standard InChI is InChI=1S/C15H20F2O/c16-13-6-7-15(17)12(9-13)10-14(18)8-11-4-2-1-3-5-11/h6-7,9,11,14,18H,1-5,8,10H2. The zero-order chi connectivity index (χ0) is 13.0. The van der Waals surface area contributed by atoms with Gasteiger partial charge in [-0.1, -0.05) is 32.1 Å². The van der Waals surface area contributed by atoms with Crippen LogP contribution in [0.1, 0.15) is 44.1 Å². The molecule has 0 aliphatic heterocycles. The number of rotatable bonds is 4. The second-order valence-corrected chi connectivity index (χ2v) is 5.33. The Balaban J connectivity index is 1.89. The predicted octanol–water partition coefficient (Wildman–Crippen LogP) is 3.84. The van der Waals surface area contributed by atoms with E-state index in [1.165, 1.54) is 25.3 Å². The van der Waals surface area contributed by atoms with E-state index in [0.29, 0.717) is 12.3 Å². The molecule has 1 aromatic rings. The minimum absolute atomic E-state index is 0.208. The zero-order valence-electron chi connectivity index (χ0n) is 10.5. The molecule has 1 aromatic carbocycles. The zero-order valence-corrected chi connectivity index (χ0v) is 10.5. The Bertz CT molecular complexity index is 386. The van der Waals surface area contributed by atoms with E-state index >= 15 is 0 Å². The fourth-order valence-corrected chi connectivity index (χ4v) is 2.84. The summed E-state index contributed by atoms with van der Waals surface area (Å²) in [6, 6.07) is 3.41. The van der Waals surface area contributed by atoms with Crippen LogP contribution in [0.2, 0.25) is 0 Å². The third-order valence-corrected chi connectivity index (χ3v) is 3.79. The van der Waals surface area contributed by atoms with Crippen LogP contribution in [0.15, 0.2) is 18.2 Å². The first kappa shape index (κ1) is 13.5. The summed E-state index contributed by atoms with van der Waals surface area (Å²) in [5.41, 5.74) is 0.276. The average Bonchev–Trinajstić information content (AvgIpc) is 2.35. The van der Waals surface area contributed by atoms with Crippen molar-refractivity contribution in [1.82, 2.24) is 0 Å². The third kappa shape index (κ3) is 3.77. The Labute approximate surface area is 107 Å². The fourth-order valence-electron chi connectivity index (χ4n) is 2.84. The van der Waals surface area contributed by atoms with E-state index in [9.17, 15) is 13.9 Å². The van der Waals surface area contributed by atoms with Crippen molar-refractivity contribution >= 4 is 0 Å². The summed E-state index contributed by atoms with van der Waals surface area (Å²) < 4.78 is 26.4. The van der Waals surface area contributed by atoms with Gasteiger partial charge in [-0.2, -0.15) is 0 Å². The van der Waals surface area contributed by atoms with Crippen molar-refractivity contribution in [3.8, 4) is 0 Å². The highest BCUT2D eigenvalue weighted by Crippen LogP contribution is 2.28. The van der Waals surface area contributed by atoms with Crippen LogP contribution in [0, 0.1) is 17.6 Å². The maximum atomic E-state index is 13.4. The fraction of sp³-hybridized carbons (Fsp3) is 0.600. The molecule has 3 heteroatoms. The topological polar surface area (TPSA) is 20.2 Å². The van der Waals surface area contributed by atoms with Gasteiger partial charge in [-0.15, -0.1) is 0 Å². The molecule has 0 bridgehead atoms. The first-order chi connectivity index (χ1) is 8.65. The molecule has 0 radical (unpaired) electrons. The molecule has 1 atom stereocenters. The Hall–Kier alpha value is -0.960. The molecule has 18 heavy (non-hydrogen) atoms. The van der Waals surface area contributed by atoms with Crippen LogP contribution < -0.4 is 0 Å². The first-order valence-corrected chi connectivity index (χ1v) is 6.77. The van der Waals surface area contributed by atoms with Gasteiger partial charge in [0.15, 0.2) is 0 Å². The number of aliphatic hydroxyl groups is 1. The van der Waals surface area contributed by atoms with E-state index < -0.39 is 17.7 Å². The second kappa shape index (κ2) is 6.28. The number of hydrogen-bond donors (Lipinski definition) is 1. The van der Waals surface area contributed by atoms with Crippen molar-refractivity contribution in [3.63, 3.8) is 0 Å². The molecule has 0 spiro atoms. The lowest BCUT2D eigenvalue weighted by molar-refractivity contribution is 0.129. The lowest BCUT2D eigenvalue weighted by Crippen LogP contribution is -2.18. The Morgan fingerprint density at radius 1 is 1.17 bits per heavy atom. The minimum atomic E-state index is -0.565. The van der Waals surface area contributed by atoms with E-state index in [2.05, 4.69) is 0 Å². The smallest absolute Gasteiger partial charge is 0.126 e. The summed E-state index contributed by atoms with van der Waals surface area (Å²) in [4.78, 5) is 0. The van der Waals surface area contributed by atoms with E-state index in [1.807, 2.05) is 0 Å². The Morgan fingerprint density at radius 3 is 2.61 bits per heavy atom. The molecule has 1 fully saturated rings. The molecule has 1 nitrogen and oxygen atoms in total. The van der Waals surface area contributed by atoms with Gasteiger partial charge in [-0.25, -0.2) is 8.78 Å². The third-order valence-electron chi connectivity index (χ3n) is 3.79. The van der Waals surface area contributed by atoms with Crippen molar-refractivity contribution in [2.75, 3.05) is 0 Å². The number of benzene rings is 1. The number of halogens is 2. The molecule has 0 amide bonds. The molecule has 1 N–H and O–H groups in total. The Kier molecular flexibility index (Phi) is 4.70. The highest BCUT2D eigenvalue weighted by Gasteiger charge is 2.18. The molecule has 100 valence electrons. The van der Waals surface area contributed by atoms with Gasteiger partial charge in [-0.05, 0) is 36.1 Å². The van der Waals surface area contributed by atoms with Crippen LogP contribution in [0.25, 0.3) is 0 Å². The normalized spacial score (nSPS) is 18.8. The van der Waals surface area contributed by atoms with Gasteiger partial charge < -0.3 is 5.11 Å². The minimum Gasteiger partial charge on any atom is -0.393 e. The second-order valence-electron chi connectivity index (χ2n) is 5.33. The van der Waals surface area contributed by atoms with Crippen molar-refractivity contribution < 1.29 is 13.9 Å². The quantitative estimate of drug-likeness (QED) is 0.865. The summed E-state index contributed by atoms with van der Waals surface area (Å²) in [6.07, 6.45) is 6.40. The van der Waals surface area contributed by atoms with Crippen LogP contribution in [-0.2, 0) is 6.42 Å². The van der Waals surface area contributed by atoms with Crippen LogP contribution in [0.4, 0.5) is 8.78 Å². The Morgan fingerprint density at radius 2 is 1.89 bits per heavy atom. The monoisotopic (exact) mass is 254 g/mol. The summed E-state index contributed by atoms with van der Waals surface area (Å²) in [6.45, 7) is 0. The van der Waals surface area contributed by atoms with E-state index in [4.69, 9.17) is 0 Å². The number of aliphatic hydroxyl groups excluding tert-OH is 1. The number of hydrogen-bond acceptors (Lipinski definition) is 1. The maximum Gasteiger partial charge on any atom is 0.126 e. The van der Waals surface area contributed by atoms with Crippen molar-refractivity contribution in [2.45, 2.75) is 51.0 Å². The first-order valence-electron chi connectivity index (χ1n) is 6.77. The lowest BCUT2D eigenvalue weighted by Gasteiger charge is -2.24. The van der Waals surface area contributed by atoms with Crippen molar-refractivity contribution in [3.05, 3.63) is 35.4 Å². The van der Waals surface area contributed by atoms with Crippen LogP contribution in [-0.4, -0.2) is 11.2 Å². The largest absolute Gasteiger partial charge is 0.393 e. The molecule has 0 heterocycles. The van der Waals surface area contributed by atoms with Crippen LogP contribution in [0.5, 0.6) is 0 Å². The van der Waals surface area contributed by atoms with Gasteiger partial charge in [0.05, 0.1) is 6.10 Å². The summed E-state index contributed by atoms with van der Waals surface area (Å²) in [5.74, 6) is -0.333. The van der Waals surface area contributed by atoms with E-state index in [0.717, 1.165) is 25.0 Å². The van der Waals surface area contributed by atoms with Crippen molar-refractivity contribution in [1.29, 1.82) is 0 Å². The van der Waals surface area contributed by atoms with E-state index in [-0.39, 0.29) is 12.0 Å². The molecule has 1 saturated carbocycles. The van der Waals surface area contributed by atoms with Gasteiger partial charge >= 0.3 is 0 Å².